The molecule has 0 aliphatic rings. The maximum Gasteiger partial charge on any atom is 0.341 e. The summed E-state index contributed by atoms with van der Waals surface area (Å²) in [6.07, 6.45) is 2.93. The van der Waals surface area contributed by atoms with Crippen molar-refractivity contribution in [2.75, 3.05) is 7.11 Å². The number of carbonyl (C=O) groups is 1. The first-order valence-electron chi connectivity index (χ1n) is 6.40. The van der Waals surface area contributed by atoms with Gasteiger partial charge in [-0.05, 0) is 18.2 Å². The van der Waals surface area contributed by atoms with Crippen LogP contribution in [0.15, 0.2) is 36.0 Å². The molecule has 0 radical (unpaired) electrons. The number of hydrogen-bond acceptors (Lipinski definition) is 4. The van der Waals surface area contributed by atoms with E-state index in [0.29, 0.717) is 26.4 Å². The highest BCUT2D eigenvalue weighted by Gasteiger charge is 2.18. The molecule has 0 fully saturated rings. The predicted octanol–water partition coefficient (Wildman–Crippen LogP) is 4.44. The van der Waals surface area contributed by atoms with E-state index in [4.69, 9.17) is 27.9 Å². The lowest BCUT2D eigenvalue weighted by molar-refractivity contribution is -0.130. The average molecular weight is 369 g/mol. The Bertz CT molecular complexity index is 930. The molecule has 2 heterocycles. The minimum atomic E-state index is -1.08. The van der Waals surface area contributed by atoms with Gasteiger partial charge in [0.05, 0.1) is 29.8 Å². The van der Waals surface area contributed by atoms with Crippen molar-refractivity contribution in [3.05, 3.63) is 51.8 Å². The Kier molecular flexibility index (Phi) is 4.30. The zero-order valence-electron chi connectivity index (χ0n) is 11.8. The molecule has 0 bridgehead atoms. The lowest BCUT2D eigenvalue weighted by Gasteiger charge is -2.02. The molecule has 0 atom stereocenters. The molecule has 5 nitrogen and oxygen atoms in total. The molecule has 3 rings (SSSR count). The summed E-state index contributed by atoms with van der Waals surface area (Å²) < 4.78 is 6.55. The molecule has 8 heteroatoms. The number of aliphatic carboxylic acids is 1. The van der Waals surface area contributed by atoms with Crippen LogP contribution in [-0.4, -0.2) is 27.6 Å². The molecule has 0 aliphatic carbocycles. The fourth-order valence-corrected chi connectivity index (χ4v) is 3.52. The standard InChI is InChI=1S/C15H10Cl2N2O3S/c1-22-6-10(14(20)21)13-7-23-15-18-12(5-19(13)15)9-3-2-8(16)4-11(9)17/h2-7H,1H3,(H,20,21)/b10-6-. The number of nitrogens with zero attached hydrogens (tertiary/aromatic N) is 2. The van der Waals surface area contributed by atoms with Gasteiger partial charge in [0.1, 0.15) is 5.57 Å². The number of benzene rings is 1. The van der Waals surface area contributed by atoms with Crippen LogP contribution in [0.25, 0.3) is 21.8 Å². The molecule has 0 aliphatic heterocycles. The van der Waals surface area contributed by atoms with E-state index in [1.54, 1.807) is 34.2 Å². The number of methoxy groups -OCH3 is 1. The van der Waals surface area contributed by atoms with Gasteiger partial charge in [0, 0.05) is 22.2 Å². The van der Waals surface area contributed by atoms with Crippen molar-refractivity contribution in [3.8, 4) is 11.3 Å². The fraction of sp³-hybridized carbons (Fsp3) is 0.0667. The van der Waals surface area contributed by atoms with Crippen LogP contribution < -0.4 is 0 Å². The highest BCUT2D eigenvalue weighted by atomic mass is 35.5. The number of hydrogen-bond donors (Lipinski definition) is 1. The lowest BCUT2D eigenvalue weighted by Crippen LogP contribution is -2.02. The average Bonchev–Trinajstić information content (AvgIpc) is 3.05. The molecule has 0 saturated carbocycles. The monoisotopic (exact) mass is 368 g/mol. The number of fused-ring (bicyclic) bond motifs is 1. The summed E-state index contributed by atoms with van der Waals surface area (Å²) in [4.78, 5) is 16.5. The third-order valence-corrected chi connectivity index (χ3v) is 4.55. The van der Waals surface area contributed by atoms with Crippen LogP contribution in [0, 0.1) is 0 Å². The lowest BCUT2D eigenvalue weighted by atomic mass is 10.2. The van der Waals surface area contributed by atoms with E-state index in [1.165, 1.54) is 24.7 Å². The third kappa shape index (κ3) is 2.93. The molecular formula is C15H10Cl2N2O3S. The van der Waals surface area contributed by atoms with E-state index in [2.05, 4.69) is 4.98 Å². The van der Waals surface area contributed by atoms with Crippen molar-refractivity contribution in [2.24, 2.45) is 0 Å². The van der Waals surface area contributed by atoms with Gasteiger partial charge in [-0.15, -0.1) is 11.3 Å². The van der Waals surface area contributed by atoms with E-state index < -0.39 is 5.97 Å². The van der Waals surface area contributed by atoms with Crippen molar-refractivity contribution >= 4 is 51.0 Å². The number of carboxylic acids is 1. The summed E-state index contributed by atoms with van der Waals surface area (Å²) in [5.74, 6) is -1.08. The maximum absolute atomic E-state index is 11.4. The van der Waals surface area contributed by atoms with E-state index in [-0.39, 0.29) is 5.57 Å². The fourth-order valence-electron chi connectivity index (χ4n) is 2.14. The van der Waals surface area contributed by atoms with Crippen molar-refractivity contribution in [2.45, 2.75) is 0 Å². The Morgan fingerprint density at radius 2 is 2.22 bits per heavy atom. The van der Waals surface area contributed by atoms with Crippen LogP contribution in [0.3, 0.4) is 0 Å². The second-order valence-corrected chi connectivity index (χ2v) is 6.28. The molecule has 23 heavy (non-hydrogen) atoms. The topological polar surface area (TPSA) is 63.8 Å². The normalized spacial score (nSPS) is 11.9. The molecule has 118 valence electrons. The van der Waals surface area contributed by atoms with Crippen LogP contribution in [0.4, 0.5) is 0 Å². The van der Waals surface area contributed by atoms with E-state index >= 15 is 0 Å². The number of ether oxygens (including phenoxy) is 1. The maximum atomic E-state index is 11.4. The van der Waals surface area contributed by atoms with Crippen molar-refractivity contribution in [1.29, 1.82) is 0 Å². The molecule has 2 aromatic heterocycles. The Balaban J connectivity index is 2.14. The zero-order valence-corrected chi connectivity index (χ0v) is 14.1. The summed E-state index contributed by atoms with van der Waals surface area (Å²) in [5.41, 5.74) is 1.90. The summed E-state index contributed by atoms with van der Waals surface area (Å²) in [7, 11) is 1.40. The Hall–Kier alpha value is -2.02. The largest absolute Gasteiger partial charge is 0.503 e. The summed E-state index contributed by atoms with van der Waals surface area (Å²) in [6.45, 7) is 0. The van der Waals surface area contributed by atoms with Gasteiger partial charge in [0.15, 0.2) is 4.96 Å². The molecule has 0 unspecified atom stereocenters. The zero-order chi connectivity index (χ0) is 16.6. The number of rotatable bonds is 4. The Morgan fingerprint density at radius 3 is 2.87 bits per heavy atom. The van der Waals surface area contributed by atoms with Crippen molar-refractivity contribution in [1.82, 2.24) is 9.38 Å². The SMILES string of the molecule is CO/C=C(\C(=O)O)c1csc2nc(-c3ccc(Cl)cc3Cl)cn12. The number of imidazole rings is 1. The van der Waals surface area contributed by atoms with Crippen LogP contribution in [0.2, 0.25) is 10.0 Å². The van der Waals surface area contributed by atoms with Gasteiger partial charge in [-0.2, -0.15) is 0 Å². The number of thiazole rings is 1. The molecular weight excluding hydrogens is 359 g/mol. The smallest absolute Gasteiger partial charge is 0.341 e. The van der Waals surface area contributed by atoms with Gasteiger partial charge in [0.25, 0.3) is 0 Å². The molecule has 0 amide bonds. The number of halogens is 2. The first-order valence-corrected chi connectivity index (χ1v) is 8.03. The molecule has 1 aromatic carbocycles. The summed E-state index contributed by atoms with van der Waals surface area (Å²) >= 11 is 13.4. The summed E-state index contributed by atoms with van der Waals surface area (Å²) in [6, 6.07) is 5.14. The third-order valence-electron chi connectivity index (χ3n) is 3.16. The Morgan fingerprint density at radius 1 is 1.43 bits per heavy atom. The second kappa shape index (κ2) is 6.23. The van der Waals surface area contributed by atoms with Crippen molar-refractivity contribution in [3.63, 3.8) is 0 Å². The van der Waals surface area contributed by atoms with Gasteiger partial charge < -0.3 is 9.84 Å². The van der Waals surface area contributed by atoms with Gasteiger partial charge >= 0.3 is 5.97 Å². The van der Waals surface area contributed by atoms with Crippen LogP contribution >= 0.6 is 34.5 Å². The first-order chi connectivity index (χ1) is 11.0. The number of carboxylic acid groups (broad SMARTS) is 1. The van der Waals surface area contributed by atoms with Crippen LogP contribution in [0.5, 0.6) is 0 Å². The highest BCUT2D eigenvalue weighted by Crippen LogP contribution is 2.32. The van der Waals surface area contributed by atoms with Gasteiger partial charge in [-0.1, -0.05) is 23.2 Å². The molecule has 3 aromatic rings. The van der Waals surface area contributed by atoms with E-state index in [0.717, 1.165) is 5.56 Å². The molecule has 1 N–H and O–H groups in total. The highest BCUT2D eigenvalue weighted by molar-refractivity contribution is 7.15. The minimum Gasteiger partial charge on any atom is -0.503 e. The van der Waals surface area contributed by atoms with Crippen molar-refractivity contribution < 1.29 is 14.6 Å². The second-order valence-electron chi connectivity index (χ2n) is 4.60. The minimum absolute atomic E-state index is 0.0462. The summed E-state index contributed by atoms with van der Waals surface area (Å²) in [5, 5.41) is 12.1. The molecule has 0 spiro atoms. The Labute approximate surface area is 145 Å². The van der Waals surface area contributed by atoms with Gasteiger partial charge in [-0.25, -0.2) is 9.78 Å². The number of aromatic nitrogens is 2. The van der Waals surface area contributed by atoms with Crippen LogP contribution in [-0.2, 0) is 9.53 Å². The van der Waals surface area contributed by atoms with E-state index in [9.17, 15) is 9.90 Å². The molecule has 0 saturated heterocycles. The quantitative estimate of drug-likeness (QED) is 0.546. The predicted molar refractivity (Wildman–Crippen MR) is 91.1 cm³/mol. The van der Waals surface area contributed by atoms with Gasteiger partial charge in [0.2, 0.25) is 0 Å². The van der Waals surface area contributed by atoms with Crippen LogP contribution in [0.1, 0.15) is 5.69 Å². The first kappa shape index (κ1) is 15.9. The van der Waals surface area contributed by atoms with Gasteiger partial charge in [-0.3, -0.25) is 4.40 Å². The van der Waals surface area contributed by atoms with E-state index in [1.807, 2.05) is 0 Å².